The lowest BCUT2D eigenvalue weighted by atomic mass is 10.1. The average Bonchev–Trinajstić information content (AvgIpc) is 3.00. The lowest BCUT2D eigenvalue weighted by molar-refractivity contribution is -0.384. The molecule has 1 heterocycles. The van der Waals surface area contributed by atoms with Gasteiger partial charge in [0.05, 0.1) is 17.2 Å². The van der Waals surface area contributed by atoms with E-state index in [0.29, 0.717) is 16.5 Å². The Hall–Kier alpha value is -3.68. The Labute approximate surface area is 147 Å². The molecule has 8 nitrogen and oxygen atoms in total. The van der Waals surface area contributed by atoms with Crippen LogP contribution in [0, 0.1) is 10.1 Å². The van der Waals surface area contributed by atoms with Gasteiger partial charge in [0.1, 0.15) is 5.69 Å². The van der Waals surface area contributed by atoms with Gasteiger partial charge in [-0.15, -0.1) is 0 Å². The quantitative estimate of drug-likeness (QED) is 0.414. The van der Waals surface area contributed by atoms with E-state index >= 15 is 0 Å². The number of carbonyl (C=O) groups is 2. The van der Waals surface area contributed by atoms with Crippen LogP contribution in [0.5, 0.6) is 0 Å². The molecular weight excluding hydrogens is 338 g/mol. The molecule has 0 aliphatic carbocycles. The third-order valence-corrected chi connectivity index (χ3v) is 3.75. The van der Waals surface area contributed by atoms with Crippen molar-refractivity contribution in [3.63, 3.8) is 0 Å². The maximum Gasteiger partial charge on any atom is 0.356 e. The van der Waals surface area contributed by atoms with Crippen LogP contribution in [0.3, 0.4) is 0 Å². The standard InChI is InChI=1S/C18H15N3O5/c1-2-26-18(23)16-15(20-17(22)11-6-4-3-5-7-11)13-10-12(21(24)25)8-9-14(13)19-16/h3-10,19H,2H2,1H3,(H,20,22). The summed E-state index contributed by atoms with van der Waals surface area (Å²) in [4.78, 5) is 38.1. The van der Waals surface area contributed by atoms with Crippen LogP contribution in [0.4, 0.5) is 11.4 Å². The summed E-state index contributed by atoms with van der Waals surface area (Å²) in [6, 6.07) is 12.5. The van der Waals surface area contributed by atoms with Gasteiger partial charge < -0.3 is 15.0 Å². The van der Waals surface area contributed by atoms with E-state index in [9.17, 15) is 19.7 Å². The lowest BCUT2D eigenvalue weighted by Gasteiger charge is -2.07. The number of benzene rings is 2. The van der Waals surface area contributed by atoms with Gasteiger partial charge in [-0.25, -0.2) is 4.79 Å². The molecule has 3 aromatic rings. The minimum absolute atomic E-state index is 0.0339. The number of fused-ring (bicyclic) bond motifs is 1. The fraction of sp³-hybridized carbons (Fsp3) is 0.111. The molecular formula is C18H15N3O5. The second-order valence-electron chi connectivity index (χ2n) is 5.40. The molecule has 2 aromatic carbocycles. The van der Waals surface area contributed by atoms with Gasteiger partial charge in [0.15, 0.2) is 0 Å². The Morgan fingerprint density at radius 1 is 1.19 bits per heavy atom. The van der Waals surface area contributed by atoms with Gasteiger partial charge in [-0.05, 0) is 25.1 Å². The number of nitrogens with zero attached hydrogens (tertiary/aromatic N) is 1. The van der Waals surface area contributed by atoms with Crippen molar-refractivity contribution in [2.75, 3.05) is 11.9 Å². The van der Waals surface area contributed by atoms with Crippen molar-refractivity contribution in [2.45, 2.75) is 6.92 Å². The highest BCUT2D eigenvalue weighted by atomic mass is 16.6. The second kappa shape index (κ2) is 7.06. The van der Waals surface area contributed by atoms with Crippen LogP contribution in [-0.2, 0) is 4.74 Å². The third-order valence-electron chi connectivity index (χ3n) is 3.75. The Balaban J connectivity index is 2.11. The Morgan fingerprint density at radius 2 is 1.92 bits per heavy atom. The van der Waals surface area contributed by atoms with Gasteiger partial charge in [0.25, 0.3) is 11.6 Å². The Kier molecular flexibility index (Phi) is 4.66. The highest BCUT2D eigenvalue weighted by molar-refractivity contribution is 6.14. The van der Waals surface area contributed by atoms with Crippen LogP contribution >= 0.6 is 0 Å². The zero-order valence-corrected chi connectivity index (χ0v) is 13.8. The number of nitro benzene ring substituents is 1. The number of nitrogens with one attached hydrogen (secondary N) is 2. The molecule has 26 heavy (non-hydrogen) atoms. The van der Waals surface area contributed by atoms with Crippen LogP contribution in [0.1, 0.15) is 27.8 Å². The van der Waals surface area contributed by atoms with E-state index in [-0.39, 0.29) is 23.7 Å². The number of amides is 1. The highest BCUT2D eigenvalue weighted by Crippen LogP contribution is 2.31. The normalized spacial score (nSPS) is 10.5. The summed E-state index contributed by atoms with van der Waals surface area (Å²) >= 11 is 0. The number of rotatable bonds is 5. The fourth-order valence-electron chi connectivity index (χ4n) is 2.55. The summed E-state index contributed by atoms with van der Waals surface area (Å²) in [5, 5.41) is 14.1. The van der Waals surface area contributed by atoms with Gasteiger partial charge >= 0.3 is 5.97 Å². The van der Waals surface area contributed by atoms with E-state index in [1.54, 1.807) is 37.3 Å². The number of nitro groups is 1. The lowest BCUT2D eigenvalue weighted by Crippen LogP contribution is -2.15. The minimum Gasteiger partial charge on any atom is -0.461 e. The number of esters is 1. The van der Waals surface area contributed by atoms with Crippen LogP contribution in [-0.4, -0.2) is 28.4 Å². The smallest absolute Gasteiger partial charge is 0.356 e. The number of ether oxygens (including phenoxy) is 1. The summed E-state index contributed by atoms with van der Waals surface area (Å²) in [5.74, 6) is -1.10. The second-order valence-corrected chi connectivity index (χ2v) is 5.40. The first-order valence-electron chi connectivity index (χ1n) is 7.85. The Bertz CT molecular complexity index is 995. The molecule has 0 radical (unpaired) electrons. The van der Waals surface area contributed by atoms with Gasteiger partial charge in [0, 0.05) is 28.6 Å². The van der Waals surface area contributed by atoms with Crippen molar-refractivity contribution in [3.05, 3.63) is 69.9 Å². The highest BCUT2D eigenvalue weighted by Gasteiger charge is 2.22. The van der Waals surface area contributed by atoms with Crippen LogP contribution in [0.2, 0.25) is 0 Å². The molecule has 132 valence electrons. The number of H-pyrrole nitrogens is 1. The molecule has 2 N–H and O–H groups in total. The van der Waals surface area contributed by atoms with Crippen molar-refractivity contribution in [1.29, 1.82) is 0 Å². The zero-order chi connectivity index (χ0) is 18.7. The molecule has 0 saturated heterocycles. The topological polar surface area (TPSA) is 114 Å². The van der Waals surface area contributed by atoms with E-state index in [2.05, 4.69) is 10.3 Å². The zero-order valence-electron chi connectivity index (χ0n) is 13.8. The van der Waals surface area contributed by atoms with Crippen molar-refractivity contribution in [1.82, 2.24) is 4.98 Å². The first-order valence-corrected chi connectivity index (χ1v) is 7.85. The summed E-state index contributed by atoms with van der Waals surface area (Å²) in [5.41, 5.74) is 0.897. The van der Waals surface area contributed by atoms with Gasteiger partial charge in [-0.1, -0.05) is 18.2 Å². The molecule has 0 fully saturated rings. The summed E-state index contributed by atoms with van der Waals surface area (Å²) in [6.07, 6.45) is 0. The number of anilines is 1. The molecule has 8 heteroatoms. The summed E-state index contributed by atoms with van der Waals surface area (Å²) in [7, 11) is 0. The molecule has 0 unspecified atom stereocenters. The predicted octanol–water partition coefficient (Wildman–Crippen LogP) is 3.51. The number of carbonyl (C=O) groups excluding carboxylic acids is 2. The van der Waals surface area contributed by atoms with Crippen molar-refractivity contribution >= 4 is 34.2 Å². The first kappa shape index (κ1) is 17.2. The number of hydrogen-bond acceptors (Lipinski definition) is 5. The molecule has 0 bridgehead atoms. The van der Waals surface area contributed by atoms with E-state index in [1.807, 2.05) is 0 Å². The maximum absolute atomic E-state index is 12.5. The monoisotopic (exact) mass is 353 g/mol. The molecule has 1 aromatic heterocycles. The summed E-state index contributed by atoms with van der Waals surface area (Å²) < 4.78 is 5.01. The molecule has 1 amide bonds. The first-order chi connectivity index (χ1) is 12.5. The van der Waals surface area contributed by atoms with Gasteiger partial charge in [-0.2, -0.15) is 0 Å². The fourth-order valence-corrected chi connectivity index (χ4v) is 2.55. The van der Waals surface area contributed by atoms with E-state index in [1.165, 1.54) is 18.2 Å². The molecule has 0 aliphatic rings. The number of non-ortho nitro benzene ring substituents is 1. The van der Waals surface area contributed by atoms with E-state index < -0.39 is 16.8 Å². The van der Waals surface area contributed by atoms with Gasteiger partial charge in [-0.3, -0.25) is 14.9 Å². The molecule has 0 spiro atoms. The average molecular weight is 353 g/mol. The van der Waals surface area contributed by atoms with Crippen LogP contribution in [0.25, 0.3) is 10.9 Å². The third kappa shape index (κ3) is 3.25. The number of aromatic nitrogens is 1. The van der Waals surface area contributed by atoms with Crippen LogP contribution < -0.4 is 5.32 Å². The summed E-state index contributed by atoms with van der Waals surface area (Å²) in [6.45, 7) is 1.81. The SMILES string of the molecule is CCOC(=O)c1[nH]c2ccc([N+](=O)[O-])cc2c1NC(=O)c1ccccc1. The number of hydrogen-bond donors (Lipinski definition) is 2. The minimum atomic E-state index is -0.658. The molecule has 0 saturated carbocycles. The molecule has 0 aliphatic heterocycles. The van der Waals surface area contributed by atoms with Crippen molar-refractivity contribution < 1.29 is 19.2 Å². The van der Waals surface area contributed by atoms with Crippen LogP contribution in [0.15, 0.2) is 48.5 Å². The maximum atomic E-state index is 12.5. The number of aromatic amines is 1. The largest absolute Gasteiger partial charge is 0.461 e. The van der Waals surface area contributed by atoms with Crippen molar-refractivity contribution in [3.8, 4) is 0 Å². The van der Waals surface area contributed by atoms with Gasteiger partial charge in [0.2, 0.25) is 0 Å². The Morgan fingerprint density at radius 3 is 2.58 bits per heavy atom. The molecule has 0 atom stereocenters. The van der Waals surface area contributed by atoms with E-state index in [4.69, 9.17) is 4.74 Å². The van der Waals surface area contributed by atoms with E-state index in [0.717, 1.165) is 0 Å². The molecule has 3 rings (SSSR count). The predicted molar refractivity (Wildman–Crippen MR) is 95.3 cm³/mol. The van der Waals surface area contributed by atoms with Crippen molar-refractivity contribution in [2.24, 2.45) is 0 Å².